The molecule has 0 spiro atoms. The van der Waals surface area contributed by atoms with E-state index in [0.717, 1.165) is 24.7 Å². The lowest BCUT2D eigenvalue weighted by Gasteiger charge is -2.32. The Morgan fingerprint density at radius 1 is 1.53 bits per heavy atom. The van der Waals surface area contributed by atoms with Gasteiger partial charge >= 0.3 is 0 Å². The Bertz CT molecular complexity index is 320. The van der Waals surface area contributed by atoms with Crippen LogP contribution in [-0.4, -0.2) is 36.1 Å². The van der Waals surface area contributed by atoms with Crippen molar-refractivity contribution in [2.24, 2.45) is 0 Å². The minimum atomic E-state index is 0.563. The van der Waals surface area contributed by atoms with Gasteiger partial charge in [0.25, 0.3) is 0 Å². The van der Waals surface area contributed by atoms with Crippen molar-refractivity contribution in [1.29, 1.82) is 0 Å². The van der Waals surface area contributed by atoms with E-state index in [4.69, 9.17) is 0 Å². The molecule has 2 heterocycles. The zero-order chi connectivity index (χ0) is 10.7. The highest BCUT2D eigenvalue weighted by Gasteiger charge is 2.18. The average molecular weight is 206 g/mol. The number of nitrogens with zero attached hydrogens (tertiary/aromatic N) is 3. The van der Waals surface area contributed by atoms with Crippen molar-refractivity contribution in [3.8, 4) is 0 Å². The first-order chi connectivity index (χ1) is 7.27. The van der Waals surface area contributed by atoms with E-state index in [-0.39, 0.29) is 0 Å². The summed E-state index contributed by atoms with van der Waals surface area (Å²) < 4.78 is 0. The normalized spacial score (nSPS) is 21.3. The molecule has 1 unspecified atom stereocenters. The van der Waals surface area contributed by atoms with E-state index in [1.807, 2.05) is 19.2 Å². The highest BCUT2D eigenvalue weighted by Crippen LogP contribution is 2.15. The number of rotatable bonds is 2. The molecule has 4 heteroatoms. The summed E-state index contributed by atoms with van der Waals surface area (Å²) in [6.45, 7) is 4.13. The Hall–Kier alpha value is -1.16. The van der Waals surface area contributed by atoms with Crippen molar-refractivity contribution in [2.45, 2.75) is 25.8 Å². The molecule has 1 saturated heterocycles. The molecule has 0 amide bonds. The fraction of sp³-hybridized carbons (Fsp3) is 0.636. The molecule has 0 aromatic carbocycles. The van der Waals surface area contributed by atoms with Gasteiger partial charge in [-0.05, 0) is 32.4 Å². The van der Waals surface area contributed by atoms with Crippen LogP contribution in [-0.2, 0) is 0 Å². The first-order valence-corrected chi connectivity index (χ1v) is 5.50. The summed E-state index contributed by atoms with van der Waals surface area (Å²) in [6.07, 6.45) is 4.32. The third kappa shape index (κ3) is 2.45. The smallest absolute Gasteiger partial charge is 0.132 e. The second-order valence-corrected chi connectivity index (χ2v) is 4.07. The maximum absolute atomic E-state index is 4.44. The fourth-order valence-electron chi connectivity index (χ4n) is 1.99. The number of hydrogen-bond donors (Lipinski definition) is 1. The van der Waals surface area contributed by atoms with Gasteiger partial charge in [0.1, 0.15) is 11.6 Å². The number of hydrogen-bond acceptors (Lipinski definition) is 4. The first kappa shape index (κ1) is 10.4. The van der Waals surface area contributed by atoms with Crippen LogP contribution in [0.15, 0.2) is 12.3 Å². The second kappa shape index (κ2) is 4.57. The van der Waals surface area contributed by atoms with Gasteiger partial charge in [-0.25, -0.2) is 9.97 Å². The molecule has 4 nitrogen and oxygen atoms in total. The van der Waals surface area contributed by atoms with Crippen molar-refractivity contribution in [3.63, 3.8) is 0 Å². The largest absolute Gasteiger partial charge is 0.355 e. The molecule has 1 aromatic rings. The topological polar surface area (TPSA) is 41.1 Å². The standard InChI is InChI=1S/C11H18N4/c1-9-13-7-5-11(14-9)15(2)10-4-3-6-12-8-10/h5,7,10,12H,3-4,6,8H2,1-2H3. The highest BCUT2D eigenvalue weighted by molar-refractivity contribution is 5.37. The van der Waals surface area contributed by atoms with Gasteiger partial charge in [-0.15, -0.1) is 0 Å². The Morgan fingerprint density at radius 2 is 2.40 bits per heavy atom. The number of likely N-dealkylation sites (N-methyl/N-ethyl adjacent to an activating group) is 1. The van der Waals surface area contributed by atoms with Crippen LogP contribution in [0, 0.1) is 6.92 Å². The lowest BCUT2D eigenvalue weighted by Crippen LogP contribution is -2.44. The molecule has 1 N–H and O–H groups in total. The molecule has 0 bridgehead atoms. The number of nitrogens with one attached hydrogen (secondary N) is 1. The number of piperidine rings is 1. The quantitative estimate of drug-likeness (QED) is 0.783. The van der Waals surface area contributed by atoms with Crippen LogP contribution in [0.3, 0.4) is 0 Å². The van der Waals surface area contributed by atoms with Gasteiger partial charge in [-0.3, -0.25) is 0 Å². The van der Waals surface area contributed by atoms with Gasteiger partial charge in [-0.2, -0.15) is 0 Å². The van der Waals surface area contributed by atoms with E-state index in [2.05, 4.69) is 27.2 Å². The Morgan fingerprint density at radius 3 is 3.07 bits per heavy atom. The van der Waals surface area contributed by atoms with E-state index in [1.54, 1.807) is 0 Å². The molecule has 1 atom stereocenters. The van der Waals surface area contributed by atoms with Crippen molar-refractivity contribution in [1.82, 2.24) is 15.3 Å². The van der Waals surface area contributed by atoms with Crippen LogP contribution in [0.1, 0.15) is 18.7 Å². The highest BCUT2D eigenvalue weighted by atomic mass is 15.2. The molecule has 1 aliphatic rings. The SMILES string of the molecule is Cc1nccc(N(C)C2CCCNC2)n1. The predicted octanol–water partition coefficient (Wildman–Crippen LogP) is 0.973. The fourth-order valence-corrected chi connectivity index (χ4v) is 1.99. The van der Waals surface area contributed by atoms with Crippen molar-refractivity contribution in [3.05, 3.63) is 18.1 Å². The van der Waals surface area contributed by atoms with E-state index >= 15 is 0 Å². The Balaban J connectivity index is 2.08. The molecule has 82 valence electrons. The molecule has 1 aliphatic heterocycles. The van der Waals surface area contributed by atoms with Gasteiger partial charge in [0.05, 0.1) is 0 Å². The summed E-state index contributed by atoms with van der Waals surface area (Å²) in [5.74, 6) is 1.86. The van der Waals surface area contributed by atoms with Crippen molar-refractivity contribution in [2.75, 3.05) is 25.0 Å². The van der Waals surface area contributed by atoms with Gasteiger partial charge in [0.2, 0.25) is 0 Å². The van der Waals surface area contributed by atoms with E-state index < -0.39 is 0 Å². The molecular weight excluding hydrogens is 188 g/mol. The number of aryl methyl sites for hydroxylation is 1. The molecule has 0 aliphatic carbocycles. The van der Waals surface area contributed by atoms with Gasteiger partial charge in [0, 0.05) is 25.8 Å². The molecule has 1 aromatic heterocycles. The molecule has 2 rings (SSSR count). The van der Waals surface area contributed by atoms with E-state index in [1.165, 1.54) is 12.8 Å². The van der Waals surface area contributed by atoms with Crippen LogP contribution in [0.4, 0.5) is 5.82 Å². The third-order valence-electron chi connectivity index (χ3n) is 2.94. The zero-order valence-electron chi connectivity index (χ0n) is 9.40. The molecule has 15 heavy (non-hydrogen) atoms. The zero-order valence-corrected chi connectivity index (χ0v) is 9.40. The average Bonchev–Trinajstić information content (AvgIpc) is 2.29. The Labute approximate surface area is 90.7 Å². The summed E-state index contributed by atoms with van der Waals surface area (Å²) in [6, 6.07) is 2.54. The maximum Gasteiger partial charge on any atom is 0.132 e. The lowest BCUT2D eigenvalue weighted by molar-refractivity contribution is 0.443. The number of aromatic nitrogens is 2. The summed E-state index contributed by atoms with van der Waals surface area (Å²) in [4.78, 5) is 10.8. The summed E-state index contributed by atoms with van der Waals surface area (Å²) in [7, 11) is 2.11. The summed E-state index contributed by atoms with van der Waals surface area (Å²) in [5, 5.41) is 3.42. The van der Waals surface area contributed by atoms with Gasteiger partial charge in [-0.1, -0.05) is 0 Å². The van der Waals surface area contributed by atoms with Crippen molar-refractivity contribution >= 4 is 5.82 Å². The van der Waals surface area contributed by atoms with E-state index in [9.17, 15) is 0 Å². The molecular formula is C11H18N4. The minimum Gasteiger partial charge on any atom is -0.355 e. The molecule has 0 saturated carbocycles. The summed E-state index contributed by atoms with van der Waals surface area (Å²) in [5.41, 5.74) is 0. The molecule has 1 fully saturated rings. The lowest BCUT2D eigenvalue weighted by atomic mass is 10.1. The third-order valence-corrected chi connectivity index (χ3v) is 2.94. The first-order valence-electron chi connectivity index (χ1n) is 5.50. The Kier molecular flexibility index (Phi) is 3.16. The molecule has 0 radical (unpaired) electrons. The van der Waals surface area contributed by atoms with Crippen molar-refractivity contribution < 1.29 is 0 Å². The van der Waals surface area contributed by atoms with Crippen LogP contribution in [0.25, 0.3) is 0 Å². The van der Waals surface area contributed by atoms with Crippen LogP contribution in [0.2, 0.25) is 0 Å². The minimum absolute atomic E-state index is 0.563. The number of anilines is 1. The monoisotopic (exact) mass is 206 g/mol. The van der Waals surface area contributed by atoms with Crippen LogP contribution < -0.4 is 10.2 Å². The summed E-state index contributed by atoms with van der Waals surface area (Å²) >= 11 is 0. The second-order valence-electron chi connectivity index (χ2n) is 4.07. The predicted molar refractivity (Wildman–Crippen MR) is 61.1 cm³/mol. The van der Waals surface area contributed by atoms with Crippen LogP contribution in [0.5, 0.6) is 0 Å². The van der Waals surface area contributed by atoms with E-state index in [0.29, 0.717) is 6.04 Å². The van der Waals surface area contributed by atoms with Gasteiger partial charge in [0.15, 0.2) is 0 Å². The van der Waals surface area contributed by atoms with Crippen LogP contribution >= 0.6 is 0 Å². The van der Waals surface area contributed by atoms with Gasteiger partial charge < -0.3 is 10.2 Å². The maximum atomic E-state index is 4.44.